The predicted octanol–water partition coefficient (Wildman–Crippen LogP) is 2.45. The summed E-state index contributed by atoms with van der Waals surface area (Å²) in [5, 5.41) is 0. The zero-order chi connectivity index (χ0) is 11.4. The van der Waals surface area contributed by atoms with E-state index in [0.717, 1.165) is 5.92 Å². The molecule has 0 saturated carbocycles. The lowest BCUT2D eigenvalue weighted by molar-refractivity contribution is 0.113. The maximum absolute atomic E-state index is 2.63. The van der Waals surface area contributed by atoms with Gasteiger partial charge in [0.15, 0.2) is 0 Å². The largest absolute Gasteiger partial charge is 0.306 e. The summed E-state index contributed by atoms with van der Waals surface area (Å²) >= 11 is 0. The Bertz CT molecular complexity index is 161. The summed E-state index contributed by atoms with van der Waals surface area (Å²) in [7, 11) is 2.24. The van der Waals surface area contributed by atoms with Crippen LogP contribution in [0.1, 0.15) is 40.5 Å². The second-order valence-electron chi connectivity index (χ2n) is 5.63. The molecule has 0 aromatic heterocycles. The van der Waals surface area contributed by atoms with Gasteiger partial charge in [0, 0.05) is 18.6 Å². The van der Waals surface area contributed by atoms with E-state index < -0.39 is 0 Å². The van der Waals surface area contributed by atoms with Gasteiger partial charge in [-0.2, -0.15) is 0 Å². The first-order valence-corrected chi connectivity index (χ1v) is 6.45. The highest BCUT2D eigenvalue weighted by Gasteiger charge is 2.22. The SMILES string of the molecule is CC(C)N(CC1CCN(C)CC1)C(C)C. The molecule has 0 amide bonds. The van der Waals surface area contributed by atoms with Gasteiger partial charge in [0.05, 0.1) is 0 Å². The standard InChI is InChI=1S/C13H28N2/c1-11(2)15(12(3)4)10-13-6-8-14(5)9-7-13/h11-13H,6-10H2,1-5H3. The molecule has 0 bridgehead atoms. The molecule has 0 aliphatic carbocycles. The van der Waals surface area contributed by atoms with Crippen molar-refractivity contribution in [2.45, 2.75) is 52.6 Å². The summed E-state index contributed by atoms with van der Waals surface area (Å²) < 4.78 is 0. The minimum absolute atomic E-state index is 0.685. The first-order valence-electron chi connectivity index (χ1n) is 6.45. The first kappa shape index (κ1) is 13.0. The number of hydrogen-bond acceptors (Lipinski definition) is 2. The Labute approximate surface area is 95.6 Å². The van der Waals surface area contributed by atoms with E-state index in [4.69, 9.17) is 0 Å². The lowest BCUT2D eigenvalue weighted by atomic mass is 9.95. The van der Waals surface area contributed by atoms with Crippen molar-refractivity contribution in [3.63, 3.8) is 0 Å². The second-order valence-corrected chi connectivity index (χ2v) is 5.63. The van der Waals surface area contributed by atoms with Crippen LogP contribution in [0.2, 0.25) is 0 Å². The normalized spacial score (nSPS) is 20.8. The quantitative estimate of drug-likeness (QED) is 0.706. The lowest BCUT2D eigenvalue weighted by Crippen LogP contribution is -2.43. The van der Waals surface area contributed by atoms with Gasteiger partial charge in [-0.15, -0.1) is 0 Å². The average Bonchev–Trinajstić information content (AvgIpc) is 2.15. The fourth-order valence-electron chi connectivity index (χ4n) is 2.56. The fourth-order valence-corrected chi connectivity index (χ4v) is 2.56. The van der Waals surface area contributed by atoms with Crippen LogP contribution in [0.4, 0.5) is 0 Å². The minimum Gasteiger partial charge on any atom is -0.306 e. The molecule has 1 aliphatic rings. The number of likely N-dealkylation sites (tertiary alicyclic amines) is 1. The Balaban J connectivity index is 2.38. The highest BCUT2D eigenvalue weighted by Crippen LogP contribution is 2.19. The molecule has 0 unspecified atom stereocenters. The molecule has 0 atom stereocenters. The molecule has 1 rings (SSSR count). The van der Waals surface area contributed by atoms with Crippen molar-refractivity contribution in [1.82, 2.24) is 9.80 Å². The van der Waals surface area contributed by atoms with Crippen LogP contribution in [0, 0.1) is 5.92 Å². The van der Waals surface area contributed by atoms with Crippen molar-refractivity contribution in [3.05, 3.63) is 0 Å². The van der Waals surface area contributed by atoms with Crippen molar-refractivity contribution in [3.8, 4) is 0 Å². The molecule has 2 heteroatoms. The van der Waals surface area contributed by atoms with Crippen molar-refractivity contribution in [1.29, 1.82) is 0 Å². The van der Waals surface area contributed by atoms with Crippen LogP contribution in [-0.2, 0) is 0 Å². The zero-order valence-electron chi connectivity index (χ0n) is 11.2. The third kappa shape index (κ3) is 4.12. The van der Waals surface area contributed by atoms with Gasteiger partial charge < -0.3 is 4.90 Å². The van der Waals surface area contributed by atoms with E-state index in [9.17, 15) is 0 Å². The van der Waals surface area contributed by atoms with E-state index >= 15 is 0 Å². The molecule has 1 heterocycles. The summed E-state index contributed by atoms with van der Waals surface area (Å²) in [5.74, 6) is 0.922. The molecule has 1 aliphatic heterocycles. The summed E-state index contributed by atoms with van der Waals surface area (Å²) in [5.41, 5.74) is 0. The van der Waals surface area contributed by atoms with E-state index in [1.54, 1.807) is 0 Å². The number of rotatable bonds is 4. The molecule has 90 valence electrons. The van der Waals surface area contributed by atoms with Gasteiger partial charge in [0.2, 0.25) is 0 Å². The molecule has 0 N–H and O–H groups in total. The van der Waals surface area contributed by atoms with Crippen LogP contribution < -0.4 is 0 Å². The smallest absolute Gasteiger partial charge is 0.00414 e. The minimum atomic E-state index is 0.685. The molecular weight excluding hydrogens is 184 g/mol. The van der Waals surface area contributed by atoms with Crippen LogP contribution >= 0.6 is 0 Å². The Hall–Kier alpha value is -0.0800. The van der Waals surface area contributed by atoms with Crippen molar-refractivity contribution in [2.75, 3.05) is 26.7 Å². The van der Waals surface area contributed by atoms with E-state index in [0.29, 0.717) is 12.1 Å². The van der Waals surface area contributed by atoms with Crippen LogP contribution in [0.5, 0.6) is 0 Å². The number of piperidine rings is 1. The number of nitrogens with zero attached hydrogens (tertiary/aromatic N) is 2. The molecule has 15 heavy (non-hydrogen) atoms. The van der Waals surface area contributed by atoms with Crippen molar-refractivity contribution >= 4 is 0 Å². The summed E-state index contributed by atoms with van der Waals surface area (Å²) in [6, 6.07) is 1.37. The average molecular weight is 212 g/mol. The first-order chi connectivity index (χ1) is 7.00. The highest BCUT2D eigenvalue weighted by molar-refractivity contribution is 4.76. The van der Waals surface area contributed by atoms with Crippen molar-refractivity contribution in [2.24, 2.45) is 5.92 Å². The number of hydrogen-bond donors (Lipinski definition) is 0. The molecule has 0 aromatic rings. The van der Waals surface area contributed by atoms with Gasteiger partial charge >= 0.3 is 0 Å². The second kappa shape index (κ2) is 5.86. The lowest BCUT2D eigenvalue weighted by Gasteiger charge is -2.37. The fraction of sp³-hybridized carbons (Fsp3) is 1.00. The van der Waals surface area contributed by atoms with Gasteiger partial charge in [-0.1, -0.05) is 0 Å². The third-order valence-corrected chi connectivity index (χ3v) is 3.63. The van der Waals surface area contributed by atoms with E-state index in [2.05, 4.69) is 44.5 Å². The monoisotopic (exact) mass is 212 g/mol. The summed E-state index contributed by atoms with van der Waals surface area (Å²) in [6.07, 6.45) is 2.76. The van der Waals surface area contributed by atoms with Gasteiger partial charge in [0.25, 0.3) is 0 Å². The molecule has 0 aromatic carbocycles. The molecule has 0 spiro atoms. The molecular formula is C13H28N2. The maximum Gasteiger partial charge on any atom is 0.00414 e. The molecule has 1 saturated heterocycles. The van der Waals surface area contributed by atoms with E-state index in [1.807, 2.05) is 0 Å². The Morgan fingerprint density at radius 2 is 1.53 bits per heavy atom. The van der Waals surface area contributed by atoms with Crippen LogP contribution in [0.25, 0.3) is 0 Å². The molecule has 0 radical (unpaired) electrons. The Morgan fingerprint density at radius 1 is 1.07 bits per heavy atom. The van der Waals surface area contributed by atoms with Crippen molar-refractivity contribution < 1.29 is 0 Å². The van der Waals surface area contributed by atoms with Gasteiger partial charge in [-0.05, 0) is 66.6 Å². The Kier molecular flexibility index (Phi) is 5.07. The van der Waals surface area contributed by atoms with E-state index in [1.165, 1.54) is 32.5 Å². The molecule has 1 fully saturated rings. The zero-order valence-corrected chi connectivity index (χ0v) is 11.2. The topological polar surface area (TPSA) is 6.48 Å². The summed E-state index contributed by atoms with van der Waals surface area (Å²) in [4.78, 5) is 5.08. The summed E-state index contributed by atoms with van der Waals surface area (Å²) in [6.45, 7) is 13.1. The van der Waals surface area contributed by atoms with Crippen LogP contribution in [0.3, 0.4) is 0 Å². The Morgan fingerprint density at radius 3 is 1.93 bits per heavy atom. The van der Waals surface area contributed by atoms with Gasteiger partial charge in [-0.3, -0.25) is 4.90 Å². The molecule has 2 nitrogen and oxygen atoms in total. The third-order valence-electron chi connectivity index (χ3n) is 3.63. The van der Waals surface area contributed by atoms with Crippen LogP contribution in [-0.4, -0.2) is 48.6 Å². The highest BCUT2D eigenvalue weighted by atomic mass is 15.2. The predicted molar refractivity (Wildman–Crippen MR) is 67.2 cm³/mol. The van der Waals surface area contributed by atoms with Gasteiger partial charge in [-0.25, -0.2) is 0 Å². The maximum atomic E-state index is 2.63. The van der Waals surface area contributed by atoms with Gasteiger partial charge in [0.1, 0.15) is 0 Å². The van der Waals surface area contributed by atoms with E-state index in [-0.39, 0.29) is 0 Å². The van der Waals surface area contributed by atoms with Crippen LogP contribution in [0.15, 0.2) is 0 Å².